The Morgan fingerprint density at radius 1 is 1.53 bits per heavy atom. The van der Waals surface area contributed by atoms with E-state index in [9.17, 15) is 14.7 Å². The van der Waals surface area contributed by atoms with Gasteiger partial charge in [0.05, 0.1) is 5.37 Å². The third-order valence-electron chi connectivity index (χ3n) is 3.16. The summed E-state index contributed by atoms with van der Waals surface area (Å²) < 4.78 is 0. The minimum absolute atomic E-state index is 0.0179. The Bertz CT molecular complexity index is 327. The minimum Gasteiger partial charge on any atom is -0.480 e. The van der Waals surface area contributed by atoms with Crippen LogP contribution in [-0.2, 0) is 4.79 Å². The molecule has 0 aromatic carbocycles. The lowest BCUT2D eigenvalue weighted by molar-refractivity contribution is -0.141. The maximum Gasteiger partial charge on any atom is 0.327 e. The number of likely N-dealkylation sites (N-methyl/N-ethyl adjacent to an activating group) is 2. The van der Waals surface area contributed by atoms with Crippen molar-refractivity contribution in [3.05, 3.63) is 0 Å². The summed E-state index contributed by atoms with van der Waals surface area (Å²) in [6.07, 6.45) is 1.77. The van der Waals surface area contributed by atoms with Crippen molar-refractivity contribution in [2.24, 2.45) is 0 Å². The molecule has 0 spiro atoms. The van der Waals surface area contributed by atoms with Gasteiger partial charge in [-0.25, -0.2) is 9.59 Å². The molecule has 0 aliphatic carbocycles. The van der Waals surface area contributed by atoms with Gasteiger partial charge in [0.25, 0.3) is 0 Å². The molecule has 1 fully saturated rings. The molecule has 1 aliphatic heterocycles. The number of nitrogens with one attached hydrogen (secondary N) is 1. The quantitative estimate of drug-likeness (QED) is 0.759. The van der Waals surface area contributed by atoms with Gasteiger partial charge in [-0.05, 0) is 13.5 Å². The Labute approximate surface area is 118 Å². The fraction of sp³-hybridized carbons (Fsp3) is 0.833. The van der Waals surface area contributed by atoms with E-state index in [0.29, 0.717) is 18.8 Å². The molecule has 0 radical (unpaired) electrons. The summed E-state index contributed by atoms with van der Waals surface area (Å²) in [5, 5.41) is 12.2. The van der Waals surface area contributed by atoms with E-state index in [1.807, 2.05) is 14.0 Å². The van der Waals surface area contributed by atoms with Gasteiger partial charge in [-0.1, -0.05) is 13.3 Å². The van der Waals surface area contributed by atoms with E-state index in [1.54, 1.807) is 23.7 Å². The van der Waals surface area contributed by atoms with Crippen LogP contribution in [-0.4, -0.2) is 71.3 Å². The number of hydrogen-bond donors (Lipinski definition) is 2. The molecule has 7 heteroatoms. The molecule has 0 aromatic rings. The molecule has 2 amide bonds. The predicted molar refractivity (Wildman–Crippen MR) is 76.4 cm³/mol. The Morgan fingerprint density at radius 3 is 2.74 bits per heavy atom. The van der Waals surface area contributed by atoms with E-state index >= 15 is 0 Å². The van der Waals surface area contributed by atoms with Crippen LogP contribution in [0.3, 0.4) is 0 Å². The zero-order valence-electron chi connectivity index (χ0n) is 11.8. The molecule has 1 heterocycles. The van der Waals surface area contributed by atoms with E-state index in [-0.39, 0.29) is 11.4 Å². The molecule has 0 saturated carbocycles. The Kier molecular flexibility index (Phi) is 6.44. The zero-order chi connectivity index (χ0) is 14.4. The monoisotopic (exact) mass is 289 g/mol. The molecular weight excluding hydrogens is 266 g/mol. The first-order chi connectivity index (χ1) is 9.02. The van der Waals surface area contributed by atoms with Crippen molar-refractivity contribution in [1.82, 2.24) is 15.1 Å². The SMILES string of the molecule is CCCC1SCC(C(=O)O)N1C(=O)N(C)CCNC. The Morgan fingerprint density at radius 2 is 2.21 bits per heavy atom. The minimum atomic E-state index is -0.915. The molecule has 19 heavy (non-hydrogen) atoms. The number of carbonyl (C=O) groups excluding carboxylic acids is 1. The van der Waals surface area contributed by atoms with E-state index in [2.05, 4.69) is 5.32 Å². The van der Waals surface area contributed by atoms with Crippen molar-refractivity contribution < 1.29 is 14.7 Å². The largest absolute Gasteiger partial charge is 0.480 e. The summed E-state index contributed by atoms with van der Waals surface area (Å²) in [6, 6.07) is -0.891. The van der Waals surface area contributed by atoms with E-state index < -0.39 is 12.0 Å². The fourth-order valence-electron chi connectivity index (χ4n) is 2.05. The van der Waals surface area contributed by atoms with Crippen LogP contribution < -0.4 is 5.32 Å². The Balaban J connectivity index is 2.76. The molecule has 2 N–H and O–H groups in total. The standard InChI is InChI=1S/C12H23N3O3S/c1-4-5-10-15(9(8-19-10)11(16)17)12(18)14(3)7-6-13-2/h9-10,13H,4-8H2,1-3H3,(H,16,17). The average Bonchev–Trinajstić information content (AvgIpc) is 2.79. The summed E-state index contributed by atoms with van der Waals surface area (Å²) in [7, 11) is 3.54. The van der Waals surface area contributed by atoms with E-state index in [4.69, 9.17) is 0 Å². The number of hydrogen-bond acceptors (Lipinski definition) is 4. The summed E-state index contributed by atoms with van der Waals surface area (Å²) in [5.41, 5.74) is 0. The summed E-state index contributed by atoms with van der Waals surface area (Å²) in [6.45, 7) is 3.31. The summed E-state index contributed by atoms with van der Waals surface area (Å²) in [4.78, 5) is 26.8. The summed E-state index contributed by atoms with van der Waals surface area (Å²) >= 11 is 1.56. The number of nitrogens with zero attached hydrogens (tertiary/aromatic N) is 2. The van der Waals surface area contributed by atoms with Gasteiger partial charge < -0.3 is 15.3 Å². The Hall–Kier alpha value is -0.950. The van der Waals surface area contributed by atoms with Crippen molar-refractivity contribution in [3.8, 4) is 0 Å². The van der Waals surface area contributed by atoms with Crippen molar-refractivity contribution in [2.75, 3.05) is 32.9 Å². The second-order valence-electron chi connectivity index (χ2n) is 4.65. The zero-order valence-corrected chi connectivity index (χ0v) is 12.6. The van der Waals surface area contributed by atoms with Gasteiger partial charge in [-0.15, -0.1) is 11.8 Å². The topological polar surface area (TPSA) is 72.9 Å². The van der Waals surface area contributed by atoms with Gasteiger partial charge >= 0.3 is 12.0 Å². The van der Waals surface area contributed by atoms with Gasteiger partial charge in [0, 0.05) is 25.9 Å². The van der Waals surface area contributed by atoms with Gasteiger partial charge in [0.1, 0.15) is 6.04 Å². The van der Waals surface area contributed by atoms with Crippen LogP contribution in [0.4, 0.5) is 4.79 Å². The third-order valence-corrected chi connectivity index (χ3v) is 4.51. The molecule has 1 rings (SSSR count). The van der Waals surface area contributed by atoms with Gasteiger partial charge in [-0.2, -0.15) is 0 Å². The van der Waals surface area contributed by atoms with Crippen LogP contribution in [0.1, 0.15) is 19.8 Å². The first kappa shape index (κ1) is 16.1. The van der Waals surface area contributed by atoms with Crippen LogP contribution in [0.25, 0.3) is 0 Å². The molecule has 1 aliphatic rings. The normalized spacial score (nSPS) is 22.6. The van der Waals surface area contributed by atoms with Crippen molar-refractivity contribution >= 4 is 23.8 Å². The van der Waals surface area contributed by atoms with Crippen LogP contribution in [0.15, 0.2) is 0 Å². The number of amides is 2. The predicted octanol–water partition coefficient (Wildman–Crippen LogP) is 0.886. The number of aliphatic carboxylic acids is 1. The number of carboxylic acids is 1. The van der Waals surface area contributed by atoms with Crippen molar-refractivity contribution in [2.45, 2.75) is 31.2 Å². The average molecular weight is 289 g/mol. The van der Waals surface area contributed by atoms with E-state index in [0.717, 1.165) is 12.8 Å². The maximum absolute atomic E-state index is 12.4. The molecular formula is C12H23N3O3S. The van der Waals surface area contributed by atoms with E-state index in [1.165, 1.54) is 4.90 Å². The first-order valence-electron chi connectivity index (χ1n) is 6.55. The highest BCUT2D eigenvalue weighted by molar-refractivity contribution is 8.00. The lowest BCUT2D eigenvalue weighted by Gasteiger charge is -2.31. The van der Waals surface area contributed by atoms with Crippen LogP contribution in [0, 0.1) is 0 Å². The lowest BCUT2D eigenvalue weighted by Crippen LogP contribution is -2.51. The lowest BCUT2D eigenvalue weighted by atomic mass is 10.2. The van der Waals surface area contributed by atoms with Gasteiger partial charge in [0.15, 0.2) is 0 Å². The molecule has 0 bridgehead atoms. The summed E-state index contributed by atoms with van der Waals surface area (Å²) in [5.74, 6) is -0.438. The molecule has 2 unspecified atom stereocenters. The van der Waals surface area contributed by atoms with Gasteiger partial charge in [-0.3, -0.25) is 4.90 Å². The molecule has 110 valence electrons. The van der Waals surface area contributed by atoms with Crippen molar-refractivity contribution in [1.29, 1.82) is 0 Å². The number of carboxylic acid groups (broad SMARTS) is 1. The van der Waals surface area contributed by atoms with Gasteiger partial charge in [0.2, 0.25) is 0 Å². The third kappa shape index (κ3) is 4.01. The highest BCUT2D eigenvalue weighted by atomic mass is 32.2. The smallest absolute Gasteiger partial charge is 0.327 e. The van der Waals surface area contributed by atoms with Crippen LogP contribution >= 0.6 is 11.8 Å². The molecule has 2 atom stereocenters. The second kappa shape index (κ2) is 7.59. The molecule has 1 saturated heterocycles. The maximum atomic E-state index is 12.4. The first-order valence-corrected chi connectivity index (χ1v) is 7.60. The fourth-order valence-corrected chi connectivity index (χ4v) is 3.56. The number of urea groups is 1. The number of carbonyl (C=O) groups is 2. The highest BCUT2D eigenvalue weighted by Gasteiger charge is 2.42. The van der Waals surface area contributed by atoms with Crippen molar-refractivity contribution in [3.63, 3.8) is 0 Å². The molecule has 0 aromatic heterocycles. The number of rotatable bonds is 6. The number of thioether (sulfide) groups is 1. The highest BCUT2D eigenvalue weighted by Crippen LogP contribution is 2.32. The van der Waals surface area contributed by atoms with Crippen LogP contribution in [0.2, 0.25) is 0 Å². The molecule has 6 nitrogen and oxygen atoms in total. The van der Waals surface area contributed by atoms with Crippen LogP contribution in [0.5, 0.6) is 0 Å². The second-order valence-corrected chi connectivity index (χ2v) is 5.86.